The molecule has 0 unspecified atom stereocenters. The van der Waals surface area contributed by atoms with E-state index in [9.17, 15) is 9.59 Å². The molecule has 0 aromatic carbocycles. The number of nitrogens with one attached hydrogen (secondary N) is 1. The minimum atomic E-state index is -0.518. The number of pyridine rings is 1. The number of amides is 3. The minimum Gasteiger partial charge on any atom is -0.444 e. The molecule has 2 saturated heterocycles. The zero-order valence-electron chi connectivity index (χ0n) is 17.5. The van der Waals surface area contributed by atoms with Crippen molar-refractivity contribution in [2.75, 3.05) is 57.4 Å². The highest BCUT2D eigenvalue weighted by atomic mass is 16.6. The molecule has 2 aliphatic rings. The molecule has 2 aliphatic heterocycles. The van der Waals surface area contributed by atoms with Crippen LogP contribution in [-0.2, 0) is 16.0 Å². The van der Waals surface area contributed by atoms with Gasteiger partial charge in [-0.2, -0.15) is 0 Å². The Kier molecular flexibility index (Phi) is 6.79. The van der Waals surface area contributed by atoms with Crippen LogP contribution in [-0.4, -0.2) is 85.0 Å². The number of ether oxygens (including phenoxy) is 2. The Morgan fingerprint density at radius 1 is 1.10 bits per heavy atom. The second-order valence-corrected chi connectivity index (χ2v) is 8.23. The van der Waals surface area contributed by atoms with Gasteiger partial charge in [-0.15, -0.1) is 0 Å². The number of rotatable bonds is 3. The van der Waals surface area contributed by atoms with Crippen molar-refractivity contribution in [2.24, 2.45) is 0 Å². The predicted octanol–water partition coefficient (Wildman–Crippen LogP) is 1.68. The number of carbonyl (C=O) groups is 2. The summed E-state index contributed by atoms with van der Waals surface area (Å²) in [6, 6.07) is 3.79. The standard InChI is InChI=1S/C20H31N5O4/c1-20(2,3)29-19(27)25-8-6-24(7-9-25)18(26)22-15-16-4-5-21-17(14-16)23-10-12-28-13-11-23/h4-5,14H,6-13,15H2,1-3H3,(H,22,26). The number of piperazine rings is 1. The largest absolute Gasteiger partial charge is 0.444 e. The number of aromatic nitrogens is 1. The fourth-order valence-corrected chi connectivity index (χ4v) is 3.24. The van der Waals surface area contributed by atoms with Gasteiger partial charge in [-0.1, -0.05) is 0 Å². The number of hydrogen-bond acceptors (Lipinski definition) is 6. The molecule has 0 spiro atoms. The maximum absolute atomic E-state index is 12.5. The van der Waals surface area contributed by atoms with E-state index in [2.05, 4.69) is 15.2 Å². The van der Waals surface area contributed by atoms with Gasteiger partial charge in [0.1, 0.15) is 11.4 Å². The number of anilines is 1. The van der Waals surface area contributed by atoms with Crippen LogP contribution in [0.3, 0.4) is 0 Å². The van der Waals surface area contributed by atoms with E-state index in [-0.39, 0.29) is 12.1 Å². The molecule has 160 valence electrons. The highest BCUT2D eigenvalue weighted by molar-refractivity contribution is 5.75. The van der Waals surface area contributed by atoms with Crippen LogP contribution in [0.1, 0.15) is 26.3 Å². The molecule has 0 aliphatic carbocycles. The van der Waals surface area contributed by atoms with E-state index in [1.165, 1.54) is 0 Å². The Hall–Kier alpha value is -2.55. The van der Waals surface area contributed by atoms with Gasteiger partial charge in [-0.05, 0) is 38.5 Å². The van der Waals surface area contributed by atoms with Crippen molar-refractivity contribution in [3.05, 3.63) is 23.9 Å². The summed E-state index contributed by atoms with van der Waals surface area (Å²) in [5, 5.41) is 2.96. The summed E-state index contributed by atoms with van der Waals surface area (Å²) < 4.78 is 10.8. The first kappa shape index (κ1) is 21.2. The Labute approximate surface area is 171 Å². The molecule has 1 aromatic rings. The van der Waals surface area contributed by atoms with Crippen molar-refractivity contribution in [2.45, 2.75) is 32.9 Å². The molecule has 0 radical (unpaired) electrons. The van der Waals surface area contributed by atoms with Gasteiger partial charge in [0.2, 0.25) is 0 Å². The average molecular weight is 405 g/mol. The molecule has 1 aromatic heterocycles. The number of urea groups is 1. The molecule has 3 amide bonds. The van der Waals surface area contributed by atoms with Gasteiger partial charge in [0.05, 0.1) is 13.2 Å². The van der Waals surface area contributed by atoms with E-state index in [0.717, 1.165) is 24.5 Å². The minimum absolute atomic E-state index is 0.126. The van der Waals surface area contributed by atoms with Gasteiger partial charge >= 0.3 is 12.1 Å². The monoisotopic (exact) mass is 405 g/mol. The number of nitrogens with zero attached hydrogens (tertiary/aromatic N) is 4. The molecular formula is C20H31N5O4. The van der Waals surface area contributed by atoms with Gasteiger partial charge < -0.3 is 29.5 Å². The predicted molar refractivity (Wildman–Crippen MR) is 109 cm³/mol. The van der Waals surface area contributed by atoms with Gasteiger partial charge in [0, 0.05) is 52.0 Å². The van der Waals surface area contributed by atoms with Gasteiger partial charge in [-0.3, -0.25) is 0 Å². The zero-order valence-corrected chi connectivity index (χ0v) is 17.5. The summed E-state index contributed by atoms with van der Waals surface area (Å²) in [5.74, 6) is 0.908. The van der Waals surface area contributed by atoms with Crippen LogP contribution in [0.2, 0.25) is 0 Å². The number of morpholine rings is 1. The third-order valence-electron chi connectivity index (χ3n) is 4.81. The number of hydrogen-bond donors (Lipinski definition) is 1. The average Bonchev–Trinajstić information content (AvgIpc) is 2.72. The van der Waals surface area contributed by atoms with E-state index in [0.29, 0.717) is 45.9 Å². The first-order valence-corrected chi connectivity index (χ1v) is 10.1. The van der Waals surface area contributed by atoms with Gasteiger partial charge in [0.15, 0.2) is 0 Å². The van der Waals surface area contributed by atoms with Crippen molar-refractivity contribution in [3.63, 3.8) is 0 Å². The SMILES string of the molecule is CC(C)(C)OC(=O)N1CCN(C(=O)NCc2ccnc(N3CCOCC3)c2)CC1. The maximum atomic E-state index is 12.5. The molecule has 29 heavy (non-hydrogen) atoms. The molecule has 2 fully saturated rings. The van der Waals surface area contributed by atoms with Crippen molar-refractivity contribution < 1.29 is 19.1 Å². The molecule has 9 heteroatoms. The van der Waals surface area contributed by atoms with Crippen LogP contribution in [0.25, 0.3) is 0 Å². The fourth-order valence-electron chi connectivity index (χ4n) is 3.24. The van der Waals surface area contributed by atoms with Crippen LogP contribution in [0.15, 0.2) is 18.3 Å². The Morgan fingerprint density at radius 3 is 2.41 bits per heavy atom. The van der Waals surface area contributed by atoms with Crippen LogP contribution in [0, 0.1) is 0 Å². The first-order chi connectivity index (χ1) is 13.8. The molecule has 3 heterocycles. The lowest BCUT2D eigenvalue weighted by Crippen LogP contribution is -2.53. The van der Waals surface area contributed by atoms with Crippen LogP contribution >= 0.6 is 0 Å². The molecule has 0 saturated carbocycles. The smallest absolute Gasteiger partial charge is 0.410 e. The van der Waals surface area contributed by atoms with Crippen LogP contribution in [0.5, 0.6) is 0 Å². The Morgan fingerprint density at radius 2 is 1.76 bits per heavy atom. The maximum Gasteiger partial charge on any atom is 0.410 e. The molecule has 9 nitrogen and oxygen atoms in total. The van der Waals surface area contributed by atoms with Crippen molar-refractivity contribution in [1.82, 2.24) is 20.1 Å². The second kappa shape index (κ2) is 9.30. The first-order valence-electron chi connectivity index (χ1n) is 10.1. The van der Waals surface area contributed by atoms with Crippen molar-refractivity contribution in [1.29, 1.82) is 0 Å². The zero-order chi connectivity index (χ0) is 20.9. The van der Waals surface area contributed by atoms with E-state index >= 15 is 0 Å². The summed E-state index contributed by atoms with van der Waals surface area (Å²) in [5.41, 5.74) is 0.484. The Balaban J connectivity index is 1.45. The van der Waals surface area contributed by atoms with E-state index in [1.54, 1.807) is 16.0 Å². The highest BCUT2D eigenvalue weighted by Crippen LogP contribution is 2.15. The summed E-state index contributed by atoms with van der Waals surface area (Å²) in [4.78, 5) is 34.6. The quantitative estimate of drug-likeness (QED) is 0.823. The second-order valence-electron chi connectivity index (χ2n) is 8.23. The summed E-state index contributed by atoms with van der Waals surface area (Å²) >= 11 is 0. The van der Waals surface area contributed by atoms with Gasteiger partial charge in [-0.25, -0.2) is 14.6 Å². The van der Waals surface area contributed by atoms with Crippen LogP contribution < -0.4 is 10.2 Å². The van der Waals surface area contributed by atoms with E-state index < -0.39 is 5.60 Å². The highest BCUT2D eigenvalue weighted by Gasteiger charge is 2.27. The fraction of sp³-hybridized carbons (Fsp3) is 0.650. The molecule has 0 atom stereocenters. The van der Waals surface area contributed by atoms with E-state index in [4.69, 9.17) is 9.47 Å². The summed E-state index contributed by atoms with van der Waals surface area (Å²) in [6.07, 6.45) is 1.44. The third-order valence-corrected chi connectivity index (χ3v) is 4.81. The molecule has 0 bridgehead atoms. The molecule has 3 rings (SSSR count). The third kappa shape index (κ3) is 6.22. The van der Waals surface area contributed by atoms with Crippen LogP contribution in [0.4, 0.5) is 15.4 Å². The normalized spacial score (nSPS) is 17.8. The topological polar surface area (TPSA) is 87.2 Å². The van der Waals surface area contributed by atoms with Crippen molar-refractivity contribution in [3.8, 4) is 0 Å². The lowest BCUT2D eigenvalue weighted by molar-refractivity contribution is 0.0170. The van der Waals surface area contributed by atoms with E-state index in [1.807, 2.05) is 32.9 Å². The van der Waals surface area contributed by atoms with Crippen molar-refractivity contribution >= 4 is 17.9 Å². The summed E-state index contributed by atoms with van der Waals surface area (Å²) in [7, 11) is 0. The number of carbonyl (C=O) groups excluding carboxylic acids is 2. The molecular weight excluding hydrogens is 374 g/mol. The lowest BCUT2D eigenvalue weighted by atomic mass is 10.2. The molecule has 1 N–H and O–H groups in total. The summed E-state index contributed by atoms with van der Waals surface area (Å²) in [6.45, 7) is 10.9. The lowest BCUT2D eigenvalue weighted by Gasteiger charge is -2.35. The van der Waals surface area contributed by atoms with Gasteiger partial charge in [0.25, 0.3) is 0 Å². The Bertz CT molecular complexity index is 707.